The molecule has 0 aliphatic carbocycles. The van der Waals surface area contributed by atoms with E-state index in [1.807, 2.05) is 0 Å². The van der Waals surface area contributed by atoms with E-state index in [0.29, 0.717) is 0 Å². The van der Waals surface area contributed by atoms with Crippen LogP contribution in [-0.2, 0) is 12.1 Å². The van der Waals surface area contributed by atoms with Crippen LogP contribution in [-0.4, -0.2) is 11.2 Å². The van der Waals surface area contributed by atoms with Crippen molar-refractivity contribution in [3.8, 4) is 6.07 Å². The van der Waals surface area contributed by atoms with Gasteiger partial charge in [-0.25, -0.2) is 4.98 Å². The van der Waals surface area contributed by atoms with Crippen molar-refractivity contribution in [3.05, 3.63) is 29.1 Å². The van der Waals surface area contributed by atoms with Crippen LogP contribution < -0.4 is 0 Å². The van der Waals surface area contributed by atoms with Gasteiger partial charge in [0.25, 0.3) is 0 Å². The molecular weight excluding hydrogens is 288 g/mol. The first-order valence-corrected chi connectivity index (χ1v) is 4.33. The molecule has 0 aliphatic heterocycles. The number of nitriles is 1. The van der Waals surface area contributed by atoms with Gasteiger partial charge in [0.2, 0.25) is 0 Å². The first-order valence-electron chi connectivity index (χ1n) is 4.33. The summed E-state index contributed by atoms with van der Waals surface area (Å²) in [6, 6.07) is 0.962. The van der Waals surface area contributed by atoms with E-state index in [9.17, 15) is 35.1 Å². The van der Waals surface area contributed by atoms with E-state index in [1.165, 1.54) is 0 Å². The molecule has 0 saturated heterocycles. The lowest BCUT2D eigenvalue weighted by atomic mass is 10.0. The van der Waals surface area contributed by atoms with Crippen molar-refractivity contribution in [3.63, 3.8) is 0 Å². The zero-order valence-electron chi connectivity index (χ0n) is 8.57. The molecule has 1 aromatic rings. The van der Waals surface area contributed by atoms with Gasteiger partial charge >= 0.3 is 18.3 Å². The quantitative estimate of drug-likeness (QED) is 0.741. The molecular formula is C9H2F8N2. The van der Waals surface area contributed by atoms with Gasteiger partial charge < -0.3 is 0 Å². The number of alkyl halides is 8. The van der Waals surface area contributed by atoms with Crippen molar-refractivity contribution in [2.75, 3.05) is 0 Å². The summed E-state index contributed by atoms with van der Waals surface area (Å²) in [4.78, 5) is 2.47. The number of aromatic nitrogens is 1. The highest BCUT2D eigenvalue weighted by Gasteiger charge is 2.61. The van der Waals surface area contributed by atoms with Crippen LogP contribution in [0.3, 0.4) is 0 Å². The van der Waals surface area contributed by atoms with E-state index in [1.54, 1.807) is 0 Å². The molecule has 0 fully saturated rings. The van der Waals surface area contributed by atoms with Gasteiger partial charge in [-0.1, -0.05) is 0 Å². The summed E-state index contributed by atoms with van der Waals surface area (Å²) in [6.07, 6.45) is -11.5. The molecule has 0 aliphatic rings. The Labute approximate surface area is 99.8 Å². The van der Waals surface area contributed by atoms with E-state index >= 15 is 0 Å². The second kappa shape index (κ2) is 4.32. The average Bonchev–Trinajstić information content (AvgIpc) is 2.25. The van der Waals surface area contributed by atoms with Crippen molar-refractivity contribution in [1.82, 2.24) is 4.98 Å². The summed E-state index contributed by atoms with van der Waals surface area (Å²) < 4.78 is 99.3. The Bertz CT molecular complexity index is 522. The molecule has 0 spiro atoms. The van der Waals surface area contributed by atoms with Crippen LogP contribution in [0.15, 0.2) is 12.3 Å². The molecule has 0 aromatic carbocycles. The molecule has 0 N–H and O–H groups in total. The van der Waals surface area contributed by atoms with Crippen molar-refractivity contribution in [2.45, 2.75) is 18.3 Å². The molecule has 0 bridgehead atoms. The number of nitrogens with zero attached hydrogens (tertiary/aromatic N) is 2. The maximum Gasteiger partial charge on any atom is 0.458 e. The molecule has 1 aromatic heterocycles. The number of rotatable bonds is 1. The predicted molar refractivity (Wildman–Crippen MR) is 43.9 cm³/mol. The minimum Gasteiger partial charge on any atom is -0.250 e. The lowest BCUT2D eigenvalue weighted by molar-refractivity contribution is -0.291. The largest absolute Gasteiger partial charge is 0.458 e. The number of hydrogen-bond donors (Lipinski definition) is 0. The van der Waals surface area contributed by atoms with Gasteiger partial charge in [0.15, 0.2) is 5.69 Å². The molecule has 10 heteroatoms. The molecule has 0 unspecified atom stereocenters. The molecule has 0 radical (unpaired) electrons. The molecule has 0 amide bonds. The Morgan fingerprint density at radius 3 is 1.89 bits per heavy atom. The maximum atomic E-state index is 13.0. The standard InChI is InChI=1S/C9H2F8N2/c10-7(11,9(15,16)17)5-1-4(2-18)3-19-6(5)8(12,13)14/h1,3H. The molecule has 1 heterocycles. The normalized spacial score (nSPS) is 13.2. The van der Waals surface area contributed by atoms with E-state index in [4.69, 9.17) is 5.26 Å². The monoisotopic (exact) mass is 290 g/mol. The summed E-state index contributed by atoms with van der Waals surface area (Å²) in [7, 11) is 0. The Kier molecular flexibility index (Phi) is 3.45. The van der Waals surface area contributed by atoms with Gasteiger partial charge in [-0.15, -0.1) is 0 Å². The number of hydrogen-bond acceptors (Lipinski definition) is 2. The third-order valence-electron chi connectivity index (χ3n) is 1.98. The SMILES string of the molecule is N#Cc1cnc(C(F)(F)F)c(C(F)(F)C(F)(F)F)c1. The van der Waals surface area contributed by atoms with E-state index in [0.717, 1.165) is 6.07 Å². The first-order chi connectivity index (χ1) is 8.41. The molecule has 104 valence electrons. The highest BCUT2D eigenvalue weighted by Crippen LogP contribution is 2.47. The van der Waals surface area contributed by atoms with Crippen LogP contribution in [0.25, 0.3) is 0 Å². The van der Waals surface area contributed by atoms with Crippen molar-refractivity contribution >= 4 is 0 Å². The van der Waals surface area contributed by atoms with Gasteiger partial charge in [-0.3, -0.25) is 0 Å². The minimum absolute atomic E-state index is 0.177. The number of pyridine rings is 1. The average molecular weight is 290 g/mol. The molecule has 2 nitrogen and oxygen atoms in total. The smallest absolute Gasteiger partial charge is 0.250 e. The van der Waals surface area contributed by atoms with Crippen LogP contribution in [0, 0.1) is 11.3 Å². The zero-order chi connectivity index (χ0) is 15.1. The predicted octanol–water partition coefficient (Wildman–Crippen LogP) is 3.63. The Balaban J connectivity index is 3.61. The van der Waals surface area contributed by atoms with E-state index in [2.05, 4.69) is 4.98 Å². The van der Waals surface area contributed by atoms with Crippen molar-refractivity contribution in [2.24, 2.45) is 0 Å². The fourth-order valence-corrected chi connectivity index (χ4v) is 1.14. The van der Waals surface area contributed by atoms with Crippen LogP contribution >= 0.6 is 0 Å². The maximum absolute atomic E-state index is 13.0. The van der Waals surface area contributed by atoms with Crippen molar-refractivity contribution < 1.29 is 35.1 Å². The summed E-state index contributed by atoms with van der Waals surface area (Å²) in [6.45, 7) is 0. The molecule has 19 heavy (non-hydrogen) atoms. The summed E-state index contributed by atoms with van der Waals surface area (Å²) >= 11 is 0. The molecule has 0 saturated carbocycles. The summed E-state index contributed by atoms with van der Waals surface area (Å²) in [5, 5.41) is 8.33. The highest BCUT2D eigenvalue weighted by molar-refractivity contribution is 5.37. The second-order valence-corrected chi connectivity index (χ2v) is 3.30. The van der Waals surface area contributed by atoms with Crippen LogP contribution in [0.2, 0.25) is 0 Å². The fraction of sp³-hybridized carbons (Fsp3) is 0.333. The van der Waals surface area contributed by atoms with E-state index in [-0.39, 0.29) is 12.3 Å². The summed E-state index contributed by atoms with van der Waals surface area (Å²) in [5.74, 6) is -5.77. The van der Waals surface area contributed by atoms with Gasteiger partial charge in [-0.05, 0) is 6.07 Å². The van der Waals surface area contributed by atoms with Gasteiger partial charge in [0.05, 0.1) is 11.1 Å². The third-order valence-corrected chi connectivity index (χ3v) is 1.98. The van der Waals surface area contributed by atoms with Crippen LogP contribution in [0.5, 0.6) is 0 Å². The van der Waals surface area contributed by atoms with Crippen LogP contribution in [0.1, 0.15) is 16.8 Å². The van der Waals surface area contributed by atoms with Gasteiger partial charge in [0.1, 0.15) is 6.07 Å². The lowest BCUT2D eigenvalue weighted by Crippen LogP contribution is -2.36. The van der Waals surface area contributed by atoms with Gasteiger partial charge in [-0.2, -0.15) is 40.4 Å². The lowest BCUT2D eigenvalue weighted by Gasteiger charge is -2.22. The molecule has 1 rings (SSSR count). The van der Waals surface area contributed by atoms with Gasteiger partial charge in [0, 0.05) is 6.20 Å². The second-order valence-electron chi connectivity index (χ2n) is 3.30. The van der Waals surface area contributed by atoms with Crippen molar-refractivity contribution in [1.29, 1.82) is 5.26 Å². The fourth-order valence-electron chi connectivity index (χ4n) is 1.14. The molecule has 0 atom stereocenters. The highest BCUT2D eigenvalue weighted by atomic mass is 19.4. The first kappa shape index (κ1) is 15.1. The van der Waals surface area contributed by atoms with Crippen LogP contribution in [0.4, 0.5) is 35.1 Å². The third kappa shape index (κ3) is 2.74. The Hall–Kier alpha value is -1.92. The summed E-state index contributed by atoms with van der Waals surface area (Å²) in [5.41, 5.74) is -5.62. The topological polar surface area (TPSA) is 36.7 Å². The number of halogens is 8. The zero-order valence-corrected chi connectivity index (χ0v) is 8.57. The Morgan fingerprint density at radius 1 is 1.00 bits per heavy atom. The minimum atomic E-state index is -6.23. The van der Waals surface area contributed by atoms with E-state index < -0.39 is 35.1 Å². The Morgan fingerprint density at radius 2 is 1.53 bits per heavy atom.